The highest BCUT2D eigenvalue weighted by molar-refractivity contribution is 5.37. The molecule has 1 aliphatic rings. The number of hydrogen-bond acceptors (Lipinski definition) is 3. The van der Waals surface area contributed by atoms with Gasteiger partial charge in [0.05, 0.1) is 18.8 Å². The van der Waals surface area contributed by atoms with Gasteiger partial charge in [-0.05, 0) is 37.3 Å². The van der Waals surface area contributed by atoms with Crippen molar-refractivity contribution >= 4 is 0 Å². The first kappa shape index (κ1) is 16.3. The molecular weight excluding hydrogens is 264 g/mol. The van der Waals surface area contributed by atoms with Gasteiger partial charge in [-0.3, -0.25) is 0 Å². The normalized spacial score (nSPS) is 27.4. The second-order valence-electron chi connectivity index (χ2n) is 6.51. The van der Waals surface area contributed by atoms with Gasteiger partial charge in [-0.25, -0.2) is 0 Å². The Bertz CT molecular complexity index is 472. The smallest absolute Gasteiger partial charge is 0.122 e. The van der Waals surface area contributed by atoms with Crippen molar-refractivity contribution in [2.24, 2.45) is 5.92 Å². The Morgan fingerprint density at radius 2 is 2.14 bits per heavy atom. The van der Waals surface area contributed by atoms with Crippen LogP contribution in [0.15, 0.2) is 18.2 Å². The van der Waals surface area contributed by atoms with Gasteiger partial charge in [-0.2, -0.15) is 0 Å². The van der Waals surface area contributed by atoms with Crippen molar-refractivity contribution in [3.8, 4) is 5.75 Å². The maximum atomic E-state index is 10.8. The van der Waals surface area contributed by atoms with Crippen LogP contribution < -0.4 is 4.74 Å². The highest BCUT2D eigenvalue weighted by Gasteiger charge is 2.41. The second kappa shape index (κ2) is 6.80. The van der Waals surface area contributed by atoms with Crippen molar-refractivity contribution in [3.63, 3.8) is 0 Å². The molecule has 0 amide bonds. The van der Waals surface area contributed by atoms with Crippen LogP contribution in [0.1, 0.15) is 43.7 Å². The number of benzene rings is 1. The number of ether oxygens (including phenoxy) is 2. The maximum Gasteiger partial charge on any atom is 0.122 e. The summed E-state index contributed by atoms with van der Waals surface area (Å²) in [7, 11) is 3.41. The molecule has 0 spiro atoms. The Hall–Kier alpha value is -1.06. The summed E-state index contributed by atoms with van der Waals surface area (Å²) >= 11 is 0. The van der Waals surface area contributed by atoms with E-state index in [0.717, 1.165) is 30.6 Å². The van der Waals surface area contributed by atoms with Gasteiger partial charge < -0.3 is 14.6 Å². The average molecular weight is 292 g/mol. The van der Waals surface area contributed by atoms with Crippen molar-refractivity contribution in [1.82, 2.24) is 0 Å². The lowest BCUT2D eigenvalue weighted by atomic mass is 9.74. The van der Waals surface area contributed by atoms with Crippen LogP contribution in [0.5, 0.6) is 5.75 Å². The number of aliphatic hydroxyl groups is 1. The van der Waals surface area contributed by atoms with Crippen molar-refractivity contribution in [2.45, 2.75) is 57.7 Å². The maximum absolute atomic E-state index is 10.8. The number of aryl methyl sites for hydroxylation is 1. The number of hydrogen-bond donors (Lipinski definition) is 1. The molecule has 0 heterocycles. The standard InChI is InChI=1S/C18H28O3/c1-13-7-8-16(20-3)15(10-13)11-17(19)18(21-4)9-5-6-14(2)12-18/h7-8,10,14,17,19H,5-6,9,11-12H2,1-4H3. The van der Waals surface area contributed by atoms with Gasteiger partial charge in [-0.15, -0.1) is 0 Å². The van der Waals surface area contributed by atoms with E-state index >= 15 is 0 Å². The molecule has 1 fully saturated rings. The summed E-state index contributed by atoms with van der Waals surface area (Å²) in [5.74, 6) is 1.45. The monoisotopic (exact) mass is 292 g/mol. The van der Waals surface area contributed by atoms with E-state index in [9.17, 15) is 5.11 Å². The van der Waals surface area contributed by atoms with E-state index in [-0.39, 0.29) is 0 Å². The molecule has 21 heavy (non-hydrogen) atoms. The molecule has 3 nitrogen and oxygen atoms in total. The van der Waals surface area contributed by atoms with E-state index < -0.39 is 11.7 Å². The largest absolute Gasteiger partial charge is 0.496 e. The van der Waals surface area contributed by atoms with Gasteiger partial charge in [0.1, 0.15) is 5.75 Å². The molecule has 1 aliphatic carbocycles. The molecule has 2 rings (SSSR count). The van der Waals surface area contributed by atoms with Gasteiger partial charge >= 0.3 is 0 Å². The molecule has 0 bridgehead atoms. The summed E-state index contributed by atoms with van der Waals surface area (Å²) < 4.78 is 11.2. The molecule has 3 unspecified atom stereocenters. The molecule has 118 valence electrons. The van der Waals surface area contributed by atoms with Crippen LogP contribution in [-0.4, -0.2) is 31.0 Å². The van der Waals surface area contributed by atoms with E-state index in [4.69, 9.17) is 9.47 Å². The Kier molecular flexibility index (Phi) is 5.28. The predicted molar refractivity (Wildman–Crippen MR) is 84.8 cm³/mol. The summed E-state index contributed by atoms with van der Waals surface area (Å²) in [5, 5.41) is 10.8. The summed E-state index contributed by atoms with van der Waals surface area (Å²) in [5.41, 5.74) is 1.83. The summed E-state index contributed by atoms with van der Waals surface area (Å²) in [6, 6.07) is 6.10. The van der Waals surface area contributed by atoms with E-state index in [0.29, 0.717) is 12.3 Å². The van der Waals surface area contributed by atoms with Gasteiger partial charge in [0, 0.05) is 13.5 Å². The molecule has 1 aromatic carbocycles. The quantitative estimate of drug-likeness (QED) is 0.902. The zero-order valence-corrected chi connectivity index (χ0v) is 13.7. The average Bonchev–Trinajstić information content (AvgIpc) is 2.47. The van der Waals surface area contributed by atoms with Crippen molar-refractivity contribution in [3.05, 3.63) is 29.3 Å². The third-order valence-corrected chi connectivity index (χ3v) is 4.85. The van der Waals surface area contributed by atoms with E-state index in [1.165, 1.54) is 12.0 Å². The molecule has 0 aromatic heterocycles. The van der Waals surface area contributed by atoms with E-state index in [1.54, 1.807) is 14.2 Å². The molecular formula is C18H28O3. The van der Waals surface area contributed by atoms with Crippen LogP contribution in [0.25, 0.3) is 0 Å². The lowest BCUT2D eigenvalue weighted by molar-refractivity contribution is -0.131. The van der Waals surface area contributed by atoms with Crippen LogP contribution in [0.3, 0.4) is 0 Å². The van der Waals surface area contributed by atoms with Crippen LogP contribution in [0.4, 0.5) is 0 Å². The fourth-order valence-electron chi connectivity index (χ4n) is 3.63. The van der Waals surface area contributed by atoms with E-state index in [2.05, 4.69) is 19.9 Å². The van der Waals surface area contributed by atoms with Crippen LogP contribution in [0.2, 0.25) is 0 Å². The van der Waals surface area contributed by atoms with Gasteiger partial charge in [0.2, 0.25) is 0 Å². The first-order valence-electron chi connectivity index (χ1n) is 7.87. The highest BCUT2D eigenvalue weighted by atomic mass is 16.5. The van der Waals surface area contributed by atoms with Gasteiger partial charge in [0.25, 0.3) is 0 Å². The fourth-order valence-corrected chi connectivity index (χ4v) is 3.63. The molecule has 1 saturated carbocycles. The Morgan fingerprint density at radius 1 is 1.38 bits per heavy atom. The summed E-state index contributed by atoms with van der Waals surface area (Å²) in [6.45, 7) is 4.30. The molecule has 3 heteroatoms. The first-order chi connectivity index (χ1) is 10.0. The molecule has 0 saturated heterocycles. The van der Waals surface area contributed by atoms with Crippen molar-refractivity contribution in [2.75, 3.05) is 14.2 Å². The lowest BCUT2D eigenvalue weighted by Crippen LogP contribution is -2.48. The summed E-state index contributed by atoms with van der Waals surface area (Å²) in [6.07, 6.45) is 4.29. The zero-order chi connectivity index (χ0) is 15.5. The van der Waals surface area contributed by atoms with Crippen LogP contribution in [0, 0.1) is 12.8 Å². The Labute approximate surface area is 128 Å². The minimum absolute atomic E-state index is 0.410. The topological polar surface area (TPSA) is 38.7 Å². The second-order valence-corrected chi connectivity index (χ2v) is 6.51. The third kappa shape index (κ3) is 3.58. The van der Waals surface area contributed by atoms with Crippen LogP contribution >= 0.6 is 0 Å². The van der Waals surface area contributed by atoms with Gasteiger partial charge in [0.15, 0.2) is 0 Å². The summed E-state index contributed by atoms with van der Waals surface area (Å²) in [4.78, 5) is 0. The fraction of sp³-hybridized carbons (Fsp3) is 0.667. The number of rotatable bonds is 5. The van der Waals surface area contributed by atoms with Crippen molar-refractivity contribution < 1.29 is 14.6 Å². The Balaban J connectivity index is 2.19. The minimum atomic E-state index is -0.499. The van der Waals surface area contributed by atoms with Crippen molar-refractivity contribution in [1.29, 1.82) is 0 Å². The zero-order valence-electron chi connectivity index (χ0n) is 13.7. The van der Waals surface area contributed by atoms with Crippen LogP contribution in [-0.2, 0) is 11.2 Å². The first-order valence-corrected chi connectivity index (χ1v) is 7.87. The molecule has 0 radical (unpaired) electrons. The van der Waals surface area contributed by atoms with Gasteiger partial charge in [-0.1, -0.05) is 37.5 Å². The Morgan fingerprint density at radius 3 is 2.76 bits per heavy atom. The molecule has 1 aromatic rings. The number of methoxy groups -OCH3 is 2. The molecule has 3 atom stereocenters. The SMILES string of the molecule is COc1ccc(C)cc1CC(O)C1(OC)CCCC(C)C1. The third-order valence-electron chi connectivity index (χ3n) is 4.85. The highest BCUT2D eigenvalue weighted by Crippen LogP contribution is 2.39. The number of aliphatic hydroxyl groups excluding tert-OH is 1. The minimum Gasteiger partial charge on any atom is -0.496 e. The molecule has 0 aliphatic heterocycles. The predicted octanol–water partition coefficient (Wildman–Crippen LogP) is 3.50. The van der Waals surface area contributed by atoms with E-state index in [1.807, 2.05) is 12.1 Å². The lowest BCUT2D eigenvalue weighted by Gasteiger charge is -2.42. The molecule has 1 N–H and O–H groups in total.